The third-order valence-electron chi connectivity index (χ3n) is 2.85. The molecule has 6 heteroatoms. The molecule has 116 valence electrons. The monoisotopic (exact) mass is 322 g/mol. The zero-order valence-electron chi connectivity index (χ0n) is 12.0. The second-order valence-corrected chi connectivity index (χ2v) is 5.08. The van der Waals surface area contributed by atoms with Crippen LogP contribution in [0.1, 0.15) is 5.56 Å². The van der Waals surface area contributed by atoms with E-state index in [4.69, 9.17) is 16.3 Å². The van der Waals surface area contributed by atoms with Gasteiger partial charge >= 0.3 is 6.03 Å². The van der Waals surface area contributed by atoms with E-state index in [0.29, 0.717) is 18.8 Å². The van der Waals surface area contributed by atoms with Crippen LogP contribution >= 0.6 is 11.6 Å². The van der Waals surface area contributed by atoms with Gasteiger partial charge in [0.2, 0.25) is 0 Å². The summed E-state index contributed by atoms with van der Waals surface area (Å²) in [4.78, 5) is 11.7. The molecule has 0 fully saturated rings. The second kappa shape index (κ2) is 7.66. The first-order chi connectivity index (χ1) is 10.5. The van der Waals surface area contributed by atoms with E-state index in [0.717, 1.165) is 11.3 Å². The summed E-state index contributed by atoms with van der Waals surface area (Å²) < 4.78 is 18.5. The molecule has 0 saturated heterocycles. The first kappa shape index (κ1) is 16.1. The molecule has 0 aliphatic rings. The van der Waals surface area contributed by atoms with Gasteiger partial charge in [0.25, 0.3) is 0 Å². The van der Waals surface area contributed by atoms with Crippen LogP contribution < -0.4 is 15.4 Å². The number of nitrogens with one attached hydrogen (secondary N) is 2. The van der Waals surface area contributed by atoms with Gasteiger partial charge in [-0.15, -0.1) is 0 Å². The number of anilines is 1. The van der Waals surface area contributed by atoms with E-state index in [1.54, 1.807) is 0 Å². The van der Waals surface area contributed by atoms with Crippen LogP contribution in [0.2, 0.25) is 5.02 Å². The molecular weight excluding hydrogens is 307 g/mol. The highest BCUT2D eigenvalue weighted by atomic mass is 35.5. The van der Waals surface area contributed by atoms with Gasteiger partial charge < -0.3 is 15.4 Å². The van der Waals surface area contributed by atoms with Crippen LogP contribution in [0.25, 0.3) is 0 Å². The summed E-state index contributed by atoms with van der Waals surface area (Å²) in [5.41, 5.74) is 1.58. The topological polar surface area (TPSA) is 50.4 Å². The molecule has 2 rings (SSSR count). The van der Waals surface area contributed by atoms with Crippen LogP contribution in [0.4, 0.5) is 14.9 Å². The van der Waals surface area contributed by atoms with Crippen molar-refractivity contribution in [2.75, 3.05) is 18.5 Å². The summed E-state index contributed by atoms with van der Waals surface area (Å²) in [6, 6.07) is 11.2. The molecule has 0 aliphatic carbocycles. The van der Waals surface area contributed by atoms with Gasteiger partial charge in [0.1, 0.15) is 18.2 Å². The van der Waals surface area contributed by atoms with Crippen molar-refractivity contribution in [1.29, 1.82) is 0 Å². The number of halogens is 2. The molecule has 0 aliphatic heterocycles. The van der Waals surface area contributed by atoms with Gasteiger partial charge in [-0.1, -0.05) is 29.3 Å². The summed E-state index contributed by atoms with van der Waals surface area (Å²) in [6.07, 6.45) is 0. The average Bonchev–Trinajstić information content (AvgIpc) is 2.49. The first-order valence-corrected chi connectivity index (χ1v) is 7.12. The lowest BCUT2D eigenvalue weighted by molar-refractivity contribution is 0.247. The van der Waals surface area contributed by atoms with Crippen LogP contribution in [-0.2, 0) is 0 Å². The van der Waals surface area contributed by atoms with Gasteiger partial charge in [-0.2, -0.15) is 0 Å². The number of ether oxygens (including phenoxy) is 1. The molecule has 2 aromatic carbocycles. The van der Waals surface area contributed by atoms with Crippen molar-refractivity contribution in [3.8, 4) is 5.75 Å². The fourth-order valence-corrected chi connectivity index (χ4v) is 1.90. The molecule has 2 aromatic rings. The summed E-state index contributed by atoms with van der Waals surface area (Å²) in [5, 5.41) is 5.15. The Labute approximate surface area is 133 Å². The Morgan fingerprint density at radius 1 is 1.23 bits per heavy atom. The van der Waals surface area contributed by atoms with Gasteiger partial charge in [0, 0.05) is 5.69 Å². The molecule has 4 nitrogen and oxygen atoms in total. The first-order valence-electron chi connectivity index (χ1n) is 6.74. The lowest BCUT2D eigenvalue weighted by Crippen LogP contribution is -2.32. The van der Waals surface area contributed by atoms with Crippen molar-refractivity contribution >= 4 is 23.3 Å². The number of rotatable bonds is 5. The molecule has 2 N–H and O–H groups in total. The maximum absolute atomic E-state index is 13.0. The van der Waals surface area contributed by atoms with E-state index >= 15 is 0 Å². The molecule has 0 bridgehead atoms. The number of urea groups is 1. The number of hydrogen-bond acceptors (Lipinski definition) is 2. The van der Waals surface area contributed by atoms with Crippen molar-refractivity contribution in [2.24, 2.45) is 0 Å². The number of amides is 2. The van der Waals surface area contributed by atoms with Crippen molar-refractivity contribution in [3.63, 3.8) is 0 Å². The predicted molar refractivity (Wildman–Crippen MR) is 85.1 cm³/mol. The number of benzene rings is 2. The highest BCUT2D eigenvalue weighted by Gasteiger charge is 2.04. The SMILES string of the molecule is Cc1ccc(OCCNC(=O)Nc2ccc(F)c(Cl)c2)cc1. The van der Waals surface area contributed by atoms with Gasteiger partial charge in [0.15, 0.2) is 0 Å². The third kappa shape index (κ3) is 4.93. The van der Waals surface area contributed by atoms with Gasteiger partial charge in [0.05, 0.1) is 11.6 Å². The van der Waals surface area contributed by atoms with E-state index in [-0.39, 0.29) is 5.02 Å². The Morgan fingerprint density at radius 3 is 2.64 bits per heavy atom. The Bertz CT molecular complexity index is 647. The molecule has 2 amide bonds. The Morgan fingerprint density at radius 2 is 1.95 bits per heavy atom. The van der Waals surface area contributed by atoms with Crippen LogP contribution in [0.15, 0.2) is 42.5 Å². The molecule has 0 heterocycles. The molecule has 0 spiro atoms. The number of hydrogen-bond donors (Lipinski definition) is 2. The Balaban J connectivity index is 1.71. The van der Waals surface area contributed by atoms with Crippen molar-refractivity contribution in [1.82, 2.24) is 5.32 Å². The quantitative estimate of drug-likeness (QED) is 0.818. The summed E-state index contributed by atoms with van der Waals surface area (Å²) >= 11 is 5.64. The highest BCUT2D eigenvalue weighted by molar-refractivity contribution is 6.31. The molecule has 0 unspecified atom stereocenters. The normalized spacial score (nSPS) is 10.1. The van der Waals surface area contributed by atoms with Crippen molar-refractivity contribution < 1.29 is 13.9 Å². The van der Waals surface area contributed by atoms with Crippen molar-refractivity contribution in [2.45, 2.75) is 6.92 Å². The van der Waals surface area contributed by atoms with Crippen LogP contribution in [0.5, 0.6) is 5.75 Å². The van der Waals surface area contributed by atoms with Gasteiger partial charge in [-0.3, -0.25) is 0 Å². The van der Waals surface area contributed by atoms with E-state index in [1.807, 2.05) is 31.2 Å². The molecular formula is C16H16ClFN2O2. The van der Waals surface area contributed by atoms with Crippen LogP contribution in [0.3, 0.4) is 0 Å². The third-order valence-corrected chi connectivity index (χ3v) is 3.14. The lowest BCUT2D eigenvalue weighted by Gasteiger charge is -2.09. The van der Waals surface area contributed by atoms with Crippen LogP contribution in [-0.4, -0.2) is 19.2 Å². The molecule has 0 aromatic heterocycles. The minimum absolute atomic E-state index is 0.0412. The molecule has 0 radical (unpaired) electrons. The van der Waals surface area contributed by atoms with Gasteiger partial charge in [-0.25, -0.2) is 9.18 Å². The number of aryl methyl sites for hydroxylation is 1. The number of carbonyl (C=O) groups is 1. The minimum atomic E-state index is -0.529. The van der Waals surface area contributed by atoms with E-state index in [1.165, 1.54) is 18.2 Å². The Kier molecular flexibility index (Phi) is 5.61. The van der Waals surface area contributed by atoms with E-state index in [2.05, 4.69) is 10.6 Å². The predicted octanol–water partition coefficient (Wildman–Crippen LogP) is 3.99. The molecule has 0 saturated carbocycles. The van der Waals surface area contributed by atoms with Crippen LogP contribution in [0, 0.1) is 12.7 Å². The fraction of sp³-hybridized carbons (Fsp3) is 0.188. The summed E-state index contributed by atoms with van der Waals surface area (Å²) in [7, 11) is 0. The summed E-state index contributed by atoms with van der Waals surface area (Å²) in [6.45, 7) is 2.69. The number of carbonyl (C=O) groups excluding carboxylic acids is 1. The zero-order chi connectivity index (χ0) is 15.9. The van der Waals surface area contributed by atoms with E-state index < -0.39 is 11.8 Å². The summed E-state index contributed by atoms with van der Waals surface area (Å²) in [5.74, 6) is 0.220. The zero-order valence-corrected chi connectivity index (χ0v) is 12.8. The van der Waals surface area contributed by atoms with E-state index in [9.17, 15) is 9.18 Å². The smallest absolute Gasteiger partial charge is 0.319 e. The lowest BCUT2D eigenvalue weighted by atomic mass is 10.2. The standard InChI is InChI=1S/C16H16ClFN2O2/c1-11-2-5-13(6-3-11)22-9-8-19-16(21)20-12-4-7-15(18)14(17)10-12/h2-7,10H,8-9H2,1H3,(H2,19,20,21). The highest BCUT2D eigenvalue weighted by Crippen LogP contribution is 2.19. The maximum Gasteiger partial charge on any atom is 0.319 e. The Hall–Kier alpha value is -2.27. The van der Waals surface area contributed by atoms with Crippen molar-refractivity contribution in [3.05, 3.63) is 58.9 Å². The second-order valence-electron chi connectivity index (χ2n) is 4.67. The maximum atomic E-state index is 13.0. The van der Waals surface area contributed by atoms with Gasteiger partial charge in [-0.05, 0) is 37.3 Å². The average molecular weight is 323 g/mol. The molecule has 0 atom stereocenters. The fourth-order valence-electron chi connectivity index (χ4n) is 1.72. The largest absolute Gasteiger partial charge is 0.492 e. The minimum Gasteiger partial charge on any atom is -0.492 e. The molecule has 22 heavy (non-hydrogen) atoms.